The predicted octanol–water partition coefficient (Wildman–Crippen LogP) is 13.0. The molecule has 266 valence electrons. The lowest BCUT2D eigenvalue weighted by atomic mass is 10.0. The molecule has 0 spiro atoms. The van der Waals surface area contributed by atoms with Crippen molar-refractivity contribution in [1.82, 2.24) is 24.5 Å². The van der Waals surface area contributed by atoms with E-state index in [4.69, 9.17) is 19.9 Å². The molecule has 5 nitrogen and oxygen atoms in total. The molecule has 0 bridgehead atoms. The number of fused-ring (bicyclic) bond motifs is 6. The van der Waals surface area contributed by atoms with Crippen LogP contribution in [0.4, 0.5) is 0 Å². The third-order valence-electron chi connectivity index (χ3n) is 10.8. The molecule has 57 heavy (non-hydrogen) atoms. The molecule has 0 fully saturated rings. The predicted molar refractivity (Wildman–Crippen MR) is 234 cm³/mol. The fourth-order valence-electron chi connectivity index (χ4n) is 8.05. The Balaban J connectivity index is 1.06. The summed E-state index contributed by atoms with van der Waals surface area (Å²) in [6.45, 7) is 0. The van der Waals surface area contributed by atoms with Gasteiger partial charge in [0.15, 0.2) is 17.5 Å². The van der Waals surface area contributed by atoms with Gasteiger partial charge < -0.3 is 4.57 Å². The maximum atomic E-state index is 5.37. The molecule has 3 heterocycles. The van der Waals surface area contributed by atoms with Crippen molar-refractivity contribution >= 4 is 43.5 Å². The SMILES string of the molecule is c1ccc(-c2ccc(-c3nc(-c4ccccc4)nc(-c4ccc(-c5nc6ccccc6c6c5c5ccccc5n6-c5ccc6ccccc6c5)cc4)n3)cc2)cc1. The van der Waals surface area contributed by atoms with Crippen LogP contribution in [0.15, 0.2) is 200 Å². The minimum Gasteiger partial charge on any atom is -0.308 e. The van der Waals surface area contributed by atoms with Crippen molar-refractivity contribution < 1.29 is 0 Å². The molecule has 11 rings (SSSR count). The molecule has 8 aromatic carbocycles. The summed E-state index contributed by atoms with van der Waals surface area (Å²) in [4.78, 5) is 20.4. The zero-order valence-electron chi connectivity index (χ0n) is 30.8. The molecule has 3 aromatic heterocycles. The van der Waals surface area contributed by atoms with Crippen LogP contribution in [0.25, 0.3) is 106 Å². The molecule has 0 saturated carbocycles. The average molecular weight is 728 g/mol. The second kappa shape index (κ2) is 13.5. The average Bonchev–Trinajstić information content (AvgIpc) is 3.65. The molecule has 5 heteroatoms. The highest BCUT2D eigenvalue weighted by Gasteiger charge is 2.21. The lowest BCUT2D eigenvalue weighted by Gasteiger charge is -2.13. The van der Waals surface area contributed by atoms with E-state index in [0.29, 0.717) is 17.5 Å². The van der Waals surface area contributed by atoms with Gasteiger partial charge in [-0.15, -0.1) is 0 Å². The zero-order valence-corrected chi connectivity index (χ0v) is 30.8. The Hall–Kier alpha value is -7.76. The normalized spacial score (nSPS) is 11.5. The summed E-state index contributed by atoms with van der Waals surface area (Å²) in [5, 5.41) is 5.82. The van der Waals surface area contributed by atoms with E-state index in [1.54, 1.807) is 0 Å². The van der Waals surface area contributed by atoms with Gasteiger partial charge in [-0.25, -0.2) is 19.9 Å². The number of pyridine rings is 1. The summed E-state index contributed by atoms with van der Waals surface area (Å²) < 4.78 is 2.41. The van der Waals surface area contributed by atoms with Crippen molar-refractivity contribution in [2.24, 2.45) is 0 Å². The third kappa shape index (κ3) is 5.72. The molecule has 0 N–H and O–H groups in total. The van der Waals surface area contributed by atoms with Gasteiger partial charge in [-0.05, 0) is 46.2 Å². The standard InChI is InChI=1S/C52H33N5/c1-3-13-34(14-4-1)36-23-27-39(28-24-36)51-54-50(38-16-5-2-6-17-38)55-52(56-51)40-29-25-37(26-30-40)48-47-44-20-10-12-22-46(44)57(49(47)43-19-9-11-21-45(43)53-48)42-32-31-35-15-7-8-18-41(35)33-42/h1-33H. The van der Waals surface area contributed by atoms with Gasteiger partial charge in [-0.3, -0.25) is 0 Å². The van der Waals surface area contributed by atoms with E-state index in [-0.39, 0.29) is 0 Å². The first-order valence-electron chi connectivity index (χ1n) is 19.1. The van der Waals surface area contributed by atoms with E-state index in [1.165, 1.54) is 16.3 Å². The van der Waals surface area contributed by atoms with Gasteiger partial charge in [0, 0.05) is 44.1 Å². The monoisotopic (exact) mass is 727 g/mol. The summed E-state index contributed by atoms with van der Waals surface area (Å²) in [6.07, 6.45) is 0. The van der Waals surface area contributed by atoms with E-state index in [9.17, 15) is 0 Å². The Kier molecular flexibility index (Phi) is 7.74. The van der Waals surface area contributed by atoms with E-state index in [2.05, 4.69) is 168 Å². The van der Waals surface area contributed by atoms with Gasteiger partial charge in [0.05, 0.1) is 22.2 Å². The lowest BCUT2D eigenvalue weighted by Crippen LogP contribution is -2.00. The Bertz CT molecular complexity index is 3260. The third-order valence-corrected chi connectivity index (χ3v) is 10.8. The van der Waals surface area contributed by atoms with Crippen molar-refractivity contribution in [2.75, 3.05) is 0 Å². The number of benzene rings is 8. The van der Waals surface area contributed by atoms with Crippen LogP contribution < -0.4 is 0 Å². The highest BCUT2D eigenvalue weighted by atomic mass is 15.0. The number of hydrogen-bond acceptors (Lipinski definition) is 4. The first-order chi connectivity index (χ1) is 28.2. The van der Waals surface area contributed by atoms with Crippen LogP contribution in [0.3, 0.4) is 0 Å². The minimum atomic E-state index is 0.613. The molecule has 0 aliphatic carbocycles. The largest absolute Gasteiger partial charge is 0.308 e. The van der Waals surface area contributed by atoms with E-state index in [0.717, 1.165) is 71.9 Å². The molecule has 0 aliphatic heterocycles. The lowest BCUT2D eigenvalue weighted by molar-refractivity contribution is 1.07. The van der Waals surface area contributed by atoms with E-state index in [1.807, 2.05) is 36.4 Å². The highest BCUT2D eigenvalue weighted by Crippen LogP contribution is 2.42. The Labute approximate surface area is 329 Å². The zero-order chi connectivity index (χ0) is 37.7. The highest BCUT2D eigenvalue weighted by molar-refractivity contribution is 6.22. The first kappa shape index (κ1) is 32.7. The Morgan fingerprint density at radius 2 is 0.825 bits per heavy atom. The van der Waals surface area contributed by atoms with Gasteiger partial charge in [0.2, 0.25) is 0 Å². The van der Waals surface area contributed by atoms with Gasteiger partial charge in [-0.1, -0.05) is 176 Å². The Morgan fingerprint density at radius 1 is 0.333 bits per heavy atom. The van der Waals surface area contributed by atoms with Crippen LogP contribution in [0.2, 0.25) is 0 Å². The van der Waals surface area contributed by atoms with Crippen molar-refractivity contribution in [3.8, 4) is 62.2 Å². The van der Waals surface area contributed by atoms with Gasteiger partial charge in [-0.2, -0.15) is 0 Å². The van der Waals surface area contributed by atoms with Gasteiger partial charge >= 0.3 is 0 Å². The second-order valence-corrected chi connectivity index (χ2v) is 14.3. The molecular weight excluding hydrogens is 695 g/mol. The molecule has 0 unspecified atom stereocenters. The molecule has 0 radical (unpaired) electrons. The number of rotatable bonds is 6. The molecule has 11 aromatic rings. The number of nitrogens with zero attached hydrogens (tertiary/aromatic N) is 5. The van der Waals surface area contributed by atoms with E-state index >= 15 is 0 Å². The summed E-state index contributed by atoms with van der Waals surface area (Å²) in [5.41, 5.74) is 11.4. The van der Waals surface area contributed by atoms with Crippen LogP contribution in [-0.4, -0.2) is 24.5 Å². The second-order valence-electron chi connectivity index (χ2n) is 14.3. The fraction of sp³-hybridized carbons (Fsp3) is 0. The van der Waals surface area contributed by atoms with Crippen LogP contribution in [0.1, 0.15) is 0 Å². The fourth-order valence-corrected chi connectivity index (χ4v) is 8.05. The minimum absolute atomic E-state index is 0.613. The maximum Gasteiger partial charge on any atom is 0.164 e. The maximum absolute atomic E-state index is 5.37. The van der Waals surface area contributed by atoms with Crippen molar-refractivity contribution in [3.05, 3.63) is 200 Å². The topological polar surface area (TPSA) is 56.5 Å². The first-order valence-corrected chi connectivity index (χ1v) is 19.1. The molecular formula is C52H33N5. The quantitative estimate of drug-likeness (QED) is 0.171. The summed E-state index contributed by atoms with van der Waals surface area (Å²) in [6, 6.07) is 69.8. The molecule has 0 saturated heterocycles. The van der Waals surface area contributed by atoms with Crippen molar-refractivity contribution in [2.45, 2.75) is 0 Å². The van der Waals surface area contributed by atoms with Crippen LogP contribution in [-0.2, 0) is 0 Å². The van der Waals surface area contributed by atoms with Gasteiger partial charge in [0.25, 0.3) is 0 Å². The number of aromatic nitrogens is 5. The van der Waals surface area contributed by atoms with Crippen LogP contribution >= 0.6 is 0 Å². The number of para-hydroxylation sites is 2. The summed E-state index contributed by atoms with van der Waals surface area (Å²) in [7, 11) is 0. The van der Waals surface area contributed by atoms with Crippen LogP contribution in [0.5, 0.6) is 0 Å². The number of hydrogen-bond donors (Lipinski definition) is 0. The molecule has 0 aliphatic rings. The molecule has 0 amide bonds. The Morgan fingerprint density at radius 3 is 1.51 bits per heavy atom. The van der Waals surface area contributed by atoms with E-state index < -0.39 is 0 Å². The summed E-state index contributed by atoms with van der Waals surface area (Å²) in [5.74, 6) is 1.87. The molecule has 0 atom stereocenters. The smallest absolute Gasteiger partial charge is 0.164 e. The van der Waals surface area contributed by atoms with Crippen molar-refractivity contribution in [1.29, 1.82) is 0 Å². The summed E-state index contributed by atoms with van der Waals surface area (Å²) >= 11 is 0. The van der Waals surface area contributed by atoms with Gasteiger partial charge in [0.1, 0.15) is 0 Å². The van der Waals surface area contributed by atoms with Crippen LogP contribution in [0, 0.1) is 0 Å². The van der Waals surface area contributed by atoms with Crippen molar-refractivity contribution in [3.63, 3.8) is 0 Å².